The lowest BCUT2D eigenvalue weighted by Gasteiger charge is -2.12. The molecule has 210 valence electrons. The fourth-order valence-electron chi connectivity index (χ4n) is 3.24. The number of benzene rings is 3. The molecule has 3 aromatic carbocycles. The van der Waals surface area contributed by atoms with Crippen molar-refractivity contribution in [3.63, 3.8) is 0 Å². The number of halogens is 1. The van der Waals surface area contributed by atoms with E-state index in [-0.39, 0.29) is 6.61 Å². The van der Waals surface area contributed by atoms with Crippen LogP contribution in [0.4, 0.5) is 15.8 Å². The third kappa shape index (κ3) is 9.75. The summed E-state index contributed by atoms with van der Waals surface area (Å²) >= 11 is 0. The molecule has 0 spiro atoms. The molecule has 10 nitrogen and oxygen atoms in total. The van der Waals surface area contributed by atoms with Crippen LogP contribution in [-0.2, 0) is 14.4 Å². The Morgan fingerprint density at radius 1 is 0.825 bits per heavy atom. The number of rotatable bonds is 13. The third-order valence-electron chi connectivity index (χ3n) is 5.22. The van der Waals surface area contributed by atoms with Crippen molar-refractivity contribution >= 4 is 35.3 Å². The lowest BCUT2D eigenvalue weighted by atomic mass is 10.2. The van der Waals surface area contributed by atoms with E-state index in [1.54, 1.807) is 49.4 Å². The molecule has 0 bridgehead atoms. The van der Waals surface area contributed by atoms with E-state index in [0.717, 1.165) is 12.8 Å². The van der Waals surface area contributed by atoms with Gasteiger partial charge in [0.25, 0.3) is 5.91 Å². The van der Waals surface area contributed by atoms with Gasteiger partial charge in [-0.2, -0.15) is 5.10 Å². The molecule has 3 N–H and O–H groups in total. The van der Waals surface area contributed by atoms with Gasteiger partial charge in [0.15, 0.2) is 18.1 Å². The summed E-state index contributed by atoms with van der Waals surface area (Å²) in [5.41, 5.74) is 3.60. The molecule has 0 aliphatic heterocycles. The van der Waals surface area contributed by atoms with Gasteiger partial charge in [-0.1, -0.05) is 13.3 Å². The summed E-state index contributed by atoms with van der Waals surface area (Å²) in [6.07, 6.45) is 3.31. The second kappa shape index (κ2) is 15.5. The third-order valence-corrected chi connectivity index (χ3v) is 5.22. The topological polar surface area (TPSA) is 127 Å². The maximum atomic E-state index is 13.0. The maximum Gasteiger partial charge on any atom is 0.329 e. The Kier molecular flexibility index (Phi) is 11.5. The quantitative estimate of drug-likeness (QED) is 0.124. The minimum atomic E-state index is -0.948. The smallest absolute Gasteiger partial charge is 0.329 e. The van der Waals surface area contributed by atoms with E-state index in [4.69, 9.17) is 14.2 Å². The zero-order valence-electron chi connectivity index (χ0n) is 22.2. The SMILES string of the molecule is CCCCOc1ccc(NC(=O)C(=O)N/N=C\c2ccc(OCC(=O)Nc3ccc(F)cc3)c(OCC)c2)cc1. The molecule has 0 unspecified atom stereocenters. The average molecular weight is 551 g/mol. The minimum absolute atomic E-state index is 0.301. The van der Waals surface area contributed by atoms with Crippen molar-refractivity contribution in [3.8, 4) is 17.2 Å². The zero-order valence-corrected chi connectivity index (χ0v) is 22.2. The van der Waals surface area contributed by atoms with Gasteiger partial charge in [-0.15, -0.1) is 0 Å². The highest BCUT2D eigenvalue weighted by atomic mass is 19.1. The molecule has 3 amide bonds. The lowest BCUT2D eigenvalue weighted by molar-refractivity contribution is -0.136. The molecule has 0 heterocycles. The van der Waals surface area contributed by atoms with Crippen LogP contribution in [0.2, 0.25) is 0 Å². The molecule has 3 aromatic rings. The van der Waals surface area contributed by atoms with Crippen LogP contribution in [0.25, 0.3) is 0 Å². The Balaban J connectivity index is 1.50. The number of anilines is 2. The van der Waals surface area contributed by atoms with E-state index >= 15 is 0 Å². The van der Waals surface area contributed by atoms with Crippen LogP contribution in [0, 0.1) is 5.82 Å². The van der Waals surface area contributed by atoms with Gasteiger partial charge in [-0.05, 0) is 85.6 Å². The predicted molar refractivity (Wildman–Crippen MR) is 149 cm³/mol. The fraction of sp³-hybridized carbons (Fsp3) is 0.241. The Morgan fingerprint density at radius 3 is 2.23 bits per heavy atom. The maximum absolute atomic E-state index is 13.0. The number of hydrogen-bond acceptors (Lipinski definition) is 7. The van der Waals surface area contributed by atoms with Crippen molar-refractivity contribution in [1.82, 2.24) is 5.43 Å². The van der Waals surface area contributed by atoms with Gasteiger partial charge < -0.3 is 24.8 Å². The van der Waals surface area contributed by atoms with Crippen LogP contribution in [-0.4, -0.2) is 43.8 Å². The van der Waals surface area contributed by atoms with Crippen LogP contribution < -0.4 is 30.3 Å². The van der Waals surface area contributed by atoms with Gasteiger partial charge >= 0.3 is 11.8 Å². The minimum Gasteiger partial charge on any atom is -0.494 e. The summed E-state index contributed by atoms with van der Waals surface area (Å²) in [4.78, 5) is 36.5. The Hall–Kier alpha value is -4.93. The second-order valence-corrected chi connectivity index (χ2v) is 8.36. The van der Waals surface area contributed by atoms with Crippen molar-refractivity contribution < 1.29 is 33.0 Å². The largest absolute Gasteiger partial charge is 0.494 e. The number of amides is 3. The molecule has 40 heavy (non-hydrogen) atoms. The number of carbonyl (C=O) groups excluding carboxylic acids is 3. The van der Waals surface area contributed by atoms with Crippen molar-refractivity contribution in [3.05, 3.63) is 78.1 Å². The van der Waals surface area contributed by atoms with Gasteiger partial charge in [0, 0.05) is 11.4 Å². The molecule has 0 saturated heterocycles. The van der Waals surface area contributed by atoms with E-state index in [9.17, 15) is 18.8 Å². The normalized spacial score (nSPS) is 10.6. The average Bonchev–Trinajstić information content (AvgIpc) is 2.95. The molecule has 0 aliphatic rings. The molecule has 0 aromatic heterocycles. The van der Waals surface area contributed by atoms with E-state index in [1.807, 2.05) is 0 Å². The van der Waals surface area contributed by atoms with E-state index in [1.165, 1.54) is 30.5 Å². The van der Waals surface area contributed by atoms with Crippen LogP contribution in [0.5, 0.6) is 17.2 Å². The van der Waals surface area contributed by atoms with Gasteiger partial charge in [0.1, 0.15) is 11.6 Å². The van der Waals surface area contributed by atoms with E-state index in [2.05, 4.69) is 28.1 Å². The van der Waals surface area contributed by atoms with Gasteiger partial charge in [0.2, 0.25) is 0 Å². The number of hydrazone groups is 1. The van der Waals surface area contributed by atoms with Crippen LogP contribution in [0.3, 0.4) is 0 Å². The summed E-state index contributed by atoms with van der Waals surface area (Å²) < 4.78 is 29.8. The highest BCUT2D eigenvalue weighted by molar-refractivity contribution is 6.39. The summed E-state index contributed by atoms with van der Waals surface area (Å²) in [6, 6.07) is 16.9. The van der Waals surface area contributed by atoms with Gasteiger partial charge in [-0.3, -0.25) is 14.4 Å². The molecule has 0 saturated carbocycles. The number of unbranched alkanes of at least 4 members (excludes halogenated alkanes) is 1. The summed E-state index contributed by atoms with van der Waals surface area (Å²) in [7, 11) is 0. The summed E-state index contributed by atoms with van der Waals surface area (Å²) in [5.74, 6) is -1.32. The zero-order chi connectivity index (χ0) is 28.7. The second-order valence-electron chi connectivity index (χ2n) is 8.36. The molecule has 0 radical (unpaired) electrons. The molecular formula is C29H31FN4O6. The highest BCUT2D eigenvalue weighted by Crippen LogP contribution is 2.28. The van der Waals surface area contributed by atoms with Crippen molar-refractivity contribution in [1.29, 1.82) is 0 Å². The predicted octanol–water partition coefficient (Wildman–Crippen LogP) is 4.51. The van der Waals surface area contributed by atoms with Crippen molar-refractivity contribution in [2.24, 2.45) is 5.10 Å². The molecule has 0 atom stereocenters. The molecule has 3 rings (SSSR count). The Bertz CT molecular complexity index is 1310. The fourth-order valence-corrected chi connectivity index (χ4v) is 3.24. The number of carbonyl (C=O) groups is 3. The summed E-state index contributed by atoms with van der Waals surface area (Å²) in [6.45, 7) is 4.51. The van der Waals surface area contributed by atoms with Crippen LogP contribution in [0.1, 0.15) is 32.3 Å². The number of nitrogens with zero attached hydrogens (tertiary/aromatic N) is 1. The first-order valence-electron chi connectivity index (χ1n) is 12.7. The van der Waals surface area contributed by atoms with Crippen LogP contribution in [0.15, 0.2) is 71.8 Å². The first-order chi connectivity index (χ1) is 19.4. The molecular weight excluding hydrogens is 519 g/mol. The molecule has 0 fully saturated rings. The molecule has 11 heteroatoms. The summed E-state index contributed by atoms with van der Waals surface area (Å²) in [5, 5.41) is 8.92. The number of ether oxygens (including phenoxy) is 3. The van der Waals surface area contributed by atoms with Gasteiger partial charge in [0.05, 0.1) is 19.4 Å². The standard InChI is InChI=1S/C29H31FN4O6/c1-3-5-16-39-24-13-11-23(12-14-24)33-28(36)29(37)34-31-18-20-6-15-25(26(17-20)38-4-2)40-19-27(35)32-22-9-7-21(30)8-10-22/h6-15,17-18H,3-5,16,19H2,1-2H3,(H,32,35)(H,33,36)(H,34,37)/b31-18-. The van der Waals surface area contributed by atoms with Crippen molar-refractivity contribution in [2.45, 2.75) is 26.7 Å². The van der Waals surface area contributed by atoms with Crippen molar-refractivity contribution in [2.75, 3.05) is 30.5 Å². The first-order valence-corrected chi connectivity index (χ1v) is 12.7. The first kappa shape index (κ1) is 29.6. The molecule has 0 aliphatic carbocycles. The number of hydrogen-bond donors (Lipinski definition) is 3. The number of nitrogens with one attached hydrogen (secondary N) is 3. The van der Waals surface area contributed by atoms with E-state index < -0.39 is 23.5 Å². The van der Waals surface area contributed by atoms with Crippen LogP contribution >= 0.6 is 0 Å². The van der Waals surface area contributed by atoms with E-state index in [0.29, 0.717) is 47.4 Å². The Labute approximate surface area is 231 Å². The van der Waals surface area contributed by atoms with Gasteiger partial charge in [-0.25, -0.2) is 9.82 Å². The monoisotopic (exact) mass is 550 g/mol. The highest BCUT2D eigenvalue weighted by Gasteiger charge is 2.13. The lowest BCUT2D eigenvalue weighted by Crippen LogP contribution is -2.32. The Morgan fingerprint density at radius 2 is 1.52 bits per heavy atom.